The van der Waals surface area contributed by atoms with Crippen molar-refractivity contribution in [2.45, 2.75) is 32.8 Å². The van der Waals surface area contributed by atoms with Crippen LogP contribution in [0.15, 0.2) is 12.2 Å². The predicted octanol–water partition coefficient (Wildman–Crippen LogP) is 2.26. The summed E-state index contributed by atoms with van der Waals surface area (Å²) in [7, 11) is 2.86. The van der Waals surface area contributed by atoms with Crippen LogP contribution in [0, 0.1) is 6.92 Å². The summed E-state index contributed by atoms with van der Waals surface area (Å²) in [6.45, 7) is 2.23. The van der Waals surface area contributed by atoms with Crippen LogP contribution in [-0.2, 0) is 32.1 Å². The Balaban J connectivity index is 2.35. The van der Waals surface area contributed by atoms with Crippen molar-refractivity contribution in [3.05, 3.63) is 34.4 Å². The van der Waals surface area contributed by atoms with Crippen LogP contribution in [0.1, 0.15) is 39.9 Å². The van der Waals surface area contributed by atoms with Gasteiger partial charge in [0.15, 0.2) is 5.75 Å². The van der Waals surface area contributed by atoms with E-state index < -0.39 is 5.97 Å². The van der Waals surface area contributed by atoms with Crippen molar-refractivity contribution in [2.24, 2.45) is 0 Å². The quantitative estimate of drug-likeness (QED) is 0.404. The molecule has 1 aliphatic rings. The van der Waals surface area contributed by atoms with Gasteiger partial charge in [-0.2, -0.15) is 0 Å². The zero-order valence-electron chi connectivity index (χ0n) is 14.4. The maximum Gasteiger partial charge on any atom is 0.342 e. The first kappa shape index (κ1) is 18.5. The molecule has 0 bridgehead atoms. The average molecular weight is 348 g/mol. The lowest BCUT2D eigenvalue weighted by Crippen LogP contribution is -2.07. The number of rotatable bonds is 8. The van der Waals surface area contributed by atoms with E-state index in [-0.39, 0.29) is 36.8 Å². The molecule has 25 heavy (non-hydrogen) atoms. The van der Waals surface area contributed by atoms with Crippen LogP contribution in [0.4, 0.5) is 0 Å². The van der Waals surface area contributed by atoms with E-state index >= 15 is 0 Å². The molecule has 1 aliphatic heterocycles. The summed E-state index contributed by atoms with van der Waals surface area (Å²) in [6, 6.07) is 0. The molecular formula is C18H20O7. The van der Waals surface area contributed by atoms with E-state index in [1.807, 2.05) is 19.1 Å². The fourth-order valence-corrected chi connectivity index (χ4v) is 2.81. The Morgan fingerprint density at radius 3 is 2.64 bits per heavy atom. The molecule has 0 fully saturated rings. The van der Waals surface area contributed by atoms with Crippen LogP contribution >= 0.6 is 0 Å². The molecule has 1 aromatic carbocycles. The lowest BCUT2D eigenvalue weighted by molar-refractivity contribution is -0.140. The number of allylic oxidation sites excluding steroid dienone is 2. The SMILES string of the molecule is COC(=O)CC/C=C\Cc1c(OC)c(C)c2c(c1OC=O)C(=O)OC2. The lowest BCUT2D eigenvalue weighted by atomic mass is 9.95. The first-order valence-corrected chi connectivity index (χ1v) is 7.76. The molecule has 0 radical (unpaired) electrons. The van der Waals surface area contributed by atoms with Crippen LogP contribution in [0.2, 0.25) is 0 Å². The molecule has 0 atom stereocenters. The highest BCUT2D eigenvalue weighted by Crippen LogP contribution is 2.42. The number of benzene rings is 1. The van der Waals surface area contributed by atoms with Gasteiger partial charge in [-0.25, -0.2) is 4.79 Å². The highest BCUT2D eigenvalue weighted by atomic mass is 16.5. The Labute approximate surface area is 145 Å². The second-order valence-corrected chi connectivity index (χ2v) is 5.40. The van der Waals surface area contributed by atoms with E-state index in [9.17, 15) is 14.4 Å². The first-order chi connectivity index (χ1) is 12.0. The summed E-state index contributed by atoms with van der Waals surface area (Å²) in [5, 5.41) is 0. The molecule has 134 valence electrons. The molecule has 1 heterocycles. The van der Waals surface area contributed by atoms with E-state index in [1.54, 1.807) is 0 Å². The van der Waals surface area contributed by atoms with Crippen LogP contribution in [-0.4, -0.2) is 32.6 Å². The third-order valence-corrected chi connectivity index (χ3v) is 4.02. The minimum Gasteiger partial charge on any atom is -0.496 e. The van der Waals surface area contributed by atoms with Gasteiger partial charge in [-0.05, 0) is 25.3 Å². The second kappa shape index (κ2) is 8.32. The van der Waals surface area contributed by atoms with Crippen molar-refractivity contribution in [3.8, 4) is 11.5 Å². The molecular weight excluding hydrogens is 328 g/mol. The van der Waals surface area contributed by atoms with Gasteiger partial charge < -0.3 is 18.9 Å². The smallest absolute Gasteiger partial charge is 0.342 e. The zero-order valence-corrected chi connectivity index (χ0v) is 14.4. The van der Waals surface area contributed by atoms with Gasteiger partial charge in [0.2, 0.25) is 0 Å². The van der Waals surface area contributed by atoms with Crippen molar-refractivity contribution in [2.75, 3.05) is 14.2 Å². The Bertz CT molecular complexity index is 719. The topological polar surface area (TPSA) is 88.1 Å². The number of cyclic esters (lactones) is 1. The Morgan fingerprint density at radius 1 is 1.24 bits per heavy atom. The average Bonchev–Trinajstić information content (AvgIpc) is 2.99. The van der Waals surface area contributed by atoms with Crippen molar-refractivity contribution < 1.29 is 33.3 Å². The lowest BCUT2D eigenvalue weighted by Gasteiger charge is -2.17. The first-order valence-electron chi connectivity index (χ1n) is 7.76. The molecule has 0 aliphatic carbocycles. The van der Waals surface area contributed by atoms with Crippen molar-refractivity contribution in [3.63, 3.8) is 0 Å². The molecule has 2 rings (SSSR count). The molecule has 7 nitrogen and oxygen atoms in total. The summed E-state index contributed by atoms with van der Waals surface area (Å²) in [5.41, 5.74) is 2.29. The normalized spacial score (nSPS) is 12.7. The van der Waals surface area contributed by atoms with E-state index in [4.69, 9.17) is 14.2 Å². The summed E-state index contributed by atoms with van der Waals surface area (Å²) in [5.74, 6) is -0.101. The van der Waals surface area contributed by atoms with E-state index in [2.05, 4.69) is 4.74 Å². The van der Waals surface area contributed by atoms with Gasteiger partial charge in [-0.1, -0.05) is 12.2 Å². The number of ether oxygens (including phenoxy) is 4. The predicted molar refractivity (Wildman–Crippen MR) is 87.6 cm³/mol. The second-order valence-electron chi connectivity index (χ2n) is 5.40. The number of carbonyl (C=O) groups excluding carboxylic acids is 3. The number of esters is 2. The third-order valence-electron chi connectivity index (χ3n) is 4.02. The number of fused-ring (bicyclic) bond motifs is 1. The number of hydrogen-bond acceptors (Lipinski definition) is 7. The Kier molecular flexibility index (Phi) is 6.16. The molecule has 0 aromatic heterocycles. The van der Waals surface area contributed by atoms with Crippen LogP contribution in [0.5, 0.6) is 11.5 Å². The van der Waals surface area contributed by atoms with Crippen molar-refractivity contribution in [1.82, 2.24) is 0 Å². The van der Waals surface area contributed by atoms with Gasteiger partial charge in [0.1, 0.15) is 17.9 Å². The summed E-state index contributed by atoms with van der Waals surface area (Å²) in [6.07, 6.45) is 4.81. The monoisotopic (exact) mass is 348 g/mol. The maximum absolute atomic E-state index is 12.0. The molecule has 0 saturated heterocycles. The molecule has 7 heteroatoms. The minimum atomic E-state index is -0.520. The van der Waals surface area contributed by atoms with E-state index in [1.165, 1.54) is 14.2 Å². The number of carbonyl (C=O) groups is 3. The fourth-order valence-electron chi connectivity index (χ4n) is 2.81. The van der Waals surface area contributed by atoms with Gasteiger partial charge in [0, 0.05) is 17.5 Å². The fraction of sp³-hybridized carbons (Fsp3) is 0.389. The molecule has 0 N–H and O–H groups in total. The Morgan fingerprint density at radius 2 is 2.00 bits per heavy atom. The molecule has 0 amide bonds. The van der Waals surface area contributed by atoms with E-state index in [0.717, 1.165) is 5.56 Å². The van der Waals surface area contributed by atoms with Gasteiger partial charge in [-0.3, -0.25) is 9.59 Å². The zero-order chi connectivity index (χ0) is 18.4. The van der Waals surface area contributed by atoms with Crippen LogP contribution in [0.25, 0.3) is 0 Å². The highest BCUT2D eigenvalue weighted by Gasteiger charge is 2.33. The third kappa shape index (κ3) is 3.81. The molecule has 0 unspecified atom stereocenters. The van der Waals surface area contributed by atoms with E-state index in [0.29, 0.717) is 29.7 Å². The number of hydrogen-bond donors (Lipinski definition) is 0. The van der Waals surface area contributed by atoms with Crippen molar-refractivity contribution in [1.29, 1.82) is 0 Å². The molecule has 0 saturated carbocycles. The molecule has 1 aromatic rings. The standard InChI is InChI=1S/C18H20O7/c1-11-13-9-24-18(21)15(13)17(25-10-19)12(16(11)23-3)7-5-4-6-8-14(20)22-2/h4-5,10H,6-9H2,1-3H3/b5-4-. The summed E-state index contributed by atoms with van der Waals surface area (Å²) < 4.78 is 20.2. The van der Waals surface area contributed by atoms with Crippen molar-refractivity contribution >= 4 is 18.4 Å². The molecule has 0 spiro atoms. The minimum absolute atomic E-state index is 0.126. The van der Waals surface area contributed by atoms with Gasteiger partial charge in [0.05, 0.1) is 14.2 Å². The van der Waals surface area contributed by atoms with Crippen LogP contribution in [0.3, 0.4) is 0 Å². The number of methoxy groups -OCH3 is 2. The van der Waals surface area contributed by atoms with Gasteiger partial charge in [-0.15, -0.1) is 0 Å². The highest BCUT2D eigenvalue weighted by molar-refractivity contribution is 5.98. The maximum atomic E-state index is 12.0. The van der Waals surface area contributed by atoms with Gasteiger partial charge >= 0.3 is 11.9 Å². The summed E-state index contributed by atoms with van der Waals surface area (Å²) >= 11 is 0. The Hall–Kier alpha value is -2.83. The van der Waals surface area contributed by atoms with Gasteiger partial charge in [0.25, 0.3) is 6.47 Å². The van der Waals surface area contributed by atoms with Crippen LogP contribution < -0.4 is 9.47 Å². The largest absolute Gasteiger partial charge is 0.496 e. The summed E-state index contributed by atoms with van der Waals surface area (Å²) in [4.78, 5) is 34.0.